The Morgan fingerprint density at radius 3 is 2.20 bits per heavy atom. The summed E-state index contributed by atoms with van der Waals surface area (Å²) in [5, 5.41) is 5.39. The number of alkyl carbamates (subject to hydrolysis) is 1. The van der Waals surface area contributed by atoms with Gasteiger partial charge in [0.25, 0.3) is 0 Å². The number of esters is 1. The molecular weight excluding hydrogens is 510 g/mol. The molecule has 0 bridgehead atoms. The Bertz CT molecular complexity index is 1180. The molecule has 2 N–H and O–H groups in total. The highest BCUT2D eigenvalue weighted by atomic mass is 16.6. The second-order valence-electron chi connectivity index (χ2n) is 10.9. The van der Waals surface area contributed by atoms with Gasteiger partial charge in [-0.05, 0) is 70.2 Å². The number of benzene rings is 2. The van der Waals surface area contributed by atoms with E-state index in [4.69, 9.17) is 9.47 Å². The van der Waals surface area contributed by atoms with Gasteiger partial charge in [0.05, 0.1) is 7.11 Å². The molecule has 0 saturated carbocycles. The van der Waals surface area contributed by atoms with Gasteiger partial charge in [0, 0.05) is 12.5 Å². The lowest BCUT2D eigenvalue weighted by molar-refractivity contribution is -0.146. The summed E-state index contributed by atoms with van der Waals surface area (Å²) in [6.45, 7) is 12.5. The summed E-state index contributed by atoms with van der Waals surface area (Å²) in [6.07, 6.45) is 0.00105. The van der Waals surface area contributed by atoms with E-state index in [0.29, 0.717) is 12.0 Å². The molecule has 9 heteroatoms. The van der Waals surface area contributed by atoms with Crippen molar-refractivity contribution in [3.05, 3.63) is 70.8 Å². The van der Waals surface area contributed by atoms with Gasteiger partial charge in [-0.15, -0.1) is 0 Å². The van der Waals surface area contributed by atoms with Crippen LogP contribution >= 0.6 is 0 Å². The van der Waals surface area contributed by atoms with E-state index in [2.05, 4.69) is 10.6 Å². The topological polar surface area (TPSA) is 114 Å². The van der Waals surface area contributed by atoms with Crippen LogP contribution in [-0.4, -0.2) is 60.1 Å². The highest BCUT2D eigenvalue weighted by Crippen LogP contribution is 2.30. The maximum Gasteiger partial charge on any atom is 0.408 e. The first-order valence-corrected chi connectivity index (χ1v) is 13.5. The Kier molecular flexibility index (Phi) is 11.7. The highest BCUT2D eigenvalue weighted by Gasteiger charge is 2.39. The average molecular weight is 554 g/mol. The first-order chi connectivity index (χ1) is 18.8. The Morgan fingerprint density at radius 1 is 0.975 bits per heavy atom. The minimum atomic E-state index is -1.06. The number of methoxy groups -OCH3 is 1. The van der Waals surface area contributed by atoms with E-state index in [1.807, 2.05) is 70.2 Å². The molecule has 3 unspecified atom stereocenters. The molecule has 0 aliphatic carbocycles. The van der Waals surface area contributed by atoms with Crippen LogP contribution in [0.4, 0.5) is 4.79 Å². The van der Waals surface area contributed by atoms with Gasteiger partial charge in [-0.25, -0.2) is 4.79 Å². The largest absolute Gasteiger partial charge is 0.468 e. The number of hydrogen-bond acceptors (Lipinski definition) is 6. The quantitative estimate of drug-likeness (QED) is 0.399. The van der Waals surface area contributed by atoms with Gasteiger partial charge in [-0.1, -0.05) is 55.5 Å². The maximum absolute atomic E-state index is 14.4. The molecule has 0 heterocycles. The van der Waals surface area contributed by atoms with Gasteiger partial charge >= 0.3 is 12.1 Å². The fourth-order valence-corrected chi connectivity index (χ4v) is 4.29. The van der Waals surface area contributed by atoms with Crippen molar-refractivity contribution in [3.63, 3.8) is 0 Å². The number of amides is 3. The number of aryl methyl sites for hydroxylation is 1. The number of hydrogen-bond donors (Lipinski definition) is 2. The number of carbonyl (C=O) groups excluding carboxylic acids is 4. The zero-order valence-corrected chi connectivity index (χ0v) is 24.9. The predicted molar refractivity (Wildman–Crippen MR) is 154 cm³/mol. The number of nitrogens with one attached hydrogen (secondary N) is 2. The smallest absolute Gasteiger partial charge is 0.408 e. The molecule has 2 aromatic rings. The molecule has 0 aliphatic heterocycles. The van der Waals surface area contributed by atoms with E-state index >= 15 is 0 Å². The van der Waals surface area contributed by atoms with Gasteiger partial charge in [0.1, 0.15) is 24.2 Å². The van der Waals surface area contributed by atoms with E-state index in [9.17, 15) is 19.2 Å². The van der Waals surface area contributed by atoms with Crippen LogP contribution in [0.15, 0.2) is 48.5 Å². The molecule has 2 rings (SSSR count). The monoisotopic (exact) mass is 553 g/mol. The van der Waals surface area contributed by atoms with Gasteiger partial charge in [-0.2, -0.15) is 0 Å². The van der Waals surface area contributed by atoms with Gasteiger partial charge in [0.15, 0.2) is 0 Å². The standard InChI is InChI=1S/C31H43N3O6/c1-9-21(3)34(27(28(36)32-19-26(35)39-8)24-17-13-14-20(2)22(24)4)29(37)25(18-23-15-11-10-12-16-23)33-30(38)40-31(5,6)7/h10-17,21,25,27H,9,18-19H2,1-8H3,(H,32,36)(H,33,38). The minimum absolute atomic E-state index is 0.190. The van der Waals surface area contributed by atoms with Crippen molar-refractivity contribution in [2.75, 3.05) is 13.7 Å². The molecule has 9 nitrogen and oxygen atoms in total. The zero-order chi connectivity index (χ0) is 30.0. The summed E-state index contributed by atoms with van der Waals surface area (Å²) >= 11 is 0. The van der Waals surface area contributed by atoms with Crippen molar-refractivity contribution < 1.29 is 28.7 Å². The molecule has 218 valence electrons. The van der Waals surface area contributed by atoms with Crippen LogP contribution in [0, 0.1) is 13.8 Å². The van der Waals surface area contributed by atoms with Crippen molar-refractivity contribution in [3.8, 4) is 0 Å². The van der Waals surface area contributed by atoms with Gasteiger partial charge in [-0.3, -0.25) is 14.4 Å². The van der Waals surface area contributed by atoms with Crippen molar-refractivity contribution in [2.45, 2.75) is 85.0 Å². The van der Waals surface area contributed by atoms with Crippen molar-refractivity contribution >= 4 is 23.9 Å². The Hall–Kier alpha value is -3.88. The molecule has 0 aromatic heterocycles. The minimum Gasteiger partial charge on any atom is -0.468 e. The van der Waals surface area contributed by atoms with E-state index in [1.54, 1.807) is 26.8 Å². The fraction of sp³-hybridized carbons (Fsp3) is 0.484. The molecular formula is C31H43N3O6. The molecule has 3 atom stereocenters. The van der Waals surface area contributed by atoms with Crippen LogP contribution in [0.25, 0.3) is 0 Å². The maximum atomic E-state index is 14.4. The fourth-order valence-electron chi connectivity index (χ4n) is 4.29. The van der Waals surface area contributed by atoms with Gasteiger partial charge < -0.3 is 25.0 Å². The molecule has 2 aromatic carbocycles. The van der Waals surface area contributed by atoms with Crippen molar-refractivity contribution in [1.82, 2.24) is 15.5 Å². The van der Waals surface area contributed by atoms with Crippen LogP contribution < -0.4 is 10.6 Å². The summed E-state index contributed by atoms with van der Waals surface area (Å²) < 4.78 is 10.2. The van der Waals surface area contributed by atoms with Crippen LogP contribution in [0.3, 0.4) is 0 Å². The number of carbonyl (C=O) groups is 4. The lowest BCUT2D eigenvalue weighted by atomic mass is 9.93. The van der Waals surface area contributed by atoms with E-state index < -0.39 is 41.6 Å². The Morgan fingerprint density at radius 2 is 1.62 bits per heavy atom. The Labute approximate surface area is 237 Å². The van der Waals surface area contributed by atoms with E-state index in [0.717, 1.165) is 16.7 Å². The van der Waals surface area contributed by atoms with Crippen molar-refractivity contribution in [1.29, 1.82) is 0 Å². The summed E-state index contributed by atoms with van der Waals surface area (Å²) in [6, 6.07) is 12.4. The van der Waals surface area contributed by atoms with Crippen molar-refractivity contribution in [2.24, 2.45) is 0 Å². The van der Waals surface area contributed by atoms with Crippen LogP contribution in [0.5, 0.6) is 0 Å². The molecule has 3 amide bonds. The third-order valence-corrected chi connectivity index (χ3v) is 6.69. The second kappa shape index (κ2) is 14.5. The lowest BCUT2D eigenvalue weighted by Gasteiger charge is -2.39. The number of ether oxygens (including phenoxy) is 2. The van der Waals surface area contributed by atoms with Gasteiger partial charge in [0.2, 0.25) is 11.8 Å². The molecule has 0 aliphatic rings. The Balaban J connectivity index is 2.62. The lowest BCUT2D eigenvalue weighted by Crippen LogP contribution is -2.56. The first kappa shape index (κ1) is 32.3. The van der Waals surface area contributed by atoms with Crippen LogP contribution in [-0.2, 0) is 30.3 Å². The summed E-state index contributed by atoms with van der Waals surface area (Å²) in [4.78, 5) is 54.4. The average Bonchev–Trinajstić information content (AvgIpc) is 2.90. The van der Waals surface area contributed by atoms with E-state index in [-0.39, 0.29) is 19.0 Å². The third-order valence-electron chi connectivity index (χ3n) is 6.69. The molecule has 40 heavy (non-hydrogen) atoms. The summed E-state index contributed by atoms with van der Waals surface area (Å²) in [7, 11) is 1.24. The van der Waals surface area contributed by atoms with E-state index in [1.165, 1.54) is 12.0 Å². The zero-order valence-electron chi connectivity index (χ0n) is 24.9. The number of rotatable bonds is 11. The number of nitrogens with zero attached hydrogens (tertiary/aromatic N) is 1. The first-order valence-electron chi connectivity index (χ1n) is 13.5. The second-order valence-corrected chi connectivity index (χ2v) is 10.9. The third kappa shape index (κ3) is 9.10. The predicted octanol–water partition coefficient (Wildman–Crippen LogP) is 4.40. The molecule has 0 fully saturated rings. The molecule has 0 radical (unpaired) electrons. The van der Waals surface area contributed by atoms with Crippen LogP contribution in [0.1, 0.15) is 69.3 Å². The SMILES string of the molecule is CCC(C)N(C(=O)C(Cc1ccccc1)NC(=O)OC(C)(C)C)C(C(=O)NCC(=O)OC)c1cccc(C)c1C. The summed E-state index contributed by atoms with van der Waals surface area (Å²) in [5.74, 6) is -1.57. The highest BCUT2D eigenvalue weighted by molar-refractivity contribution is 5.93. The molecule has 0 saturated heterocycles. The van der Waals surface area contributed by atoms with Crippen LogP contribution in [0.2, 0.25) is 0 Å². The molecule has 0 spiro atoms. The normalized spacial score (nSPS) is 13.4. The summed E-state index contributed by atoms with van der Waals surface area (Å²) in [5.41, 5.74) is 2.50.